The molecule has 1 heterocycles. The number of ether oxygens (including phenoxy) is 2. The number of benzene rings is 3. The molecule has 3 aromatic carbocycles. The number of carbonyl (C=O) groups is 1. The number of nitrogens with one attached hydrogen (secondary N) is 1. The normalized spacial score (nSPS) is 10.8. The highest BCUT2D eigenvalue weighted by molar-refractivity contribution is 6.35. The van der Waals surface area contributed by atoms with Crippen molar-refractivity contribution < 1.29 is 14.3 Å². The Morgan fingerprint density at radius 1 is 1.00 bits per heavy atom. The number of aromatic amines is 1. The Morgan fingerprint density at radius 3 is 2.48 bits per heavy atom. The first-order chi connectivity index (χ1) is 15.0. The Kier molecular flexibility index (Phi) is 5.78. The monoisotopic (exact) mass is 433 g/mol. The second-order valence-corrected chi connectivity index (χ2v) is 7.45. The Morgan fingerprint density at radius 2 is 1.77 bits per heavy atom. The molecule has 0 bridgehead atoms. The third-order valence-corrected chi connectivity index (χ3v) is 5.51. The number of pyridine rings is 1. The molecule has 5 nitrogen and oxygen atoms in total. The molecular weight excluding hydrogens is 414 g/mol. The van der Waals surface area contributed by atoms with E-state index in [-0.39, 0.29) is 17.5 Å². The number of fused-ring (bicyclic) bond motifs is 1. The number of hydrogen-bond acceptors (Lipinski definition) is 4. The zero-order valence-electron chi connectivity index (χ0n) is 17.1. The van der Waals surface area contributed by atoms with Crippen LogP contribution in [0.3, 0.4) is 0 Å². The highest BCUT2D eigenvalue weighted by Crippen LogP contribution is 2.34. The fourth-order valence-corrected chi connectivity index (χ4v) is 3.96. The van der Waals surface area contributed by atoms with E-state index in [1.54, 1.807) is 19.2 Å². The molecule has 0 fully saturated rings. The van der Waals surface area contributed by atoms with Crippen molar-refractivity contribution in [3.8, 4) is 16.9 Å². The van der Waals surface area contributed by atoms with Crippen molar-refractivity contribution in [3.05, 3.63) is 98.8 Å². The lowest BCUT2D eigenvalue weighted by molar-refractivity contribution is 0.0593. The van der Waals surface area contributed by atoms with Crippen LogP contribution in [0.5, 0.6) is 5.75 Å². The average molecular weight is 434 g/mol. The van der Waals surface area contributed by atoms with Gasteiger partial charge in [-0.3, -0.25) is 4.79 Å². The van der Waals surface area contributed by atoms with Crippen LogP contribution < -0.4 is 10.2 Å². The zero-order chi connectivity index (χ0) is 22.0. The van der Waals surface area contributed by atoms with E-state index in [1.165, 1.54) is 7.11 Å². The molecule has 4 aromatic rings. The molecule has 6 heteroatoms. The molecule has 0 atom stereocenters. The molecule has 0 saturated heterocycles. The number of hydrogen-bond donors (Lipinski definition) is 1. The number of H-pyrrole nitrogens is 1. The minimum atomic E-state index is -0.615. The van der Waals surface area contributed by atoms with Crippen LogP contribution >= 0.6 is 11.6 Å². The number of carbonyl (C=O) groups excluding carboxylic acids is 1. The molecule has 156 valence electrons. The van der Waals surface area contributed by atoms with Gasteiger partial charge in [0.2, 0.25) is 0 Å². The van der Waals surface area contributed by atoms with Gasteiger partial charge >= 0.3 is 5.97 Å². The SMILES string of the molecule is COC(=O)c1[nH]c2c(-c3ccccc3)c(Cl)ccc2c(=O)c1Cc1cccc(OC)c1. The first-order valence-electron chi connectivity index (χ1n) is 9.67. The van der Waals surface area contributed by atoms with Crippen molar-refractivity contribution in [2.24, 2.45) is 0 Å². The number of halogens is 1. The molecule has 0 aliphatic heterocycles. The maximum Gasteiger partial charge on any atom is 0.354 e. The van der Waals surface area contributed by atoms with E-state index in [4.69, 9.17) is 21.1 Å². The third-order valence-electron chi connectivity index (χ3n) is 5.19. The van der Waals surface area contributed by atoms with Crippen molar-refractivity contribution in [1.82, 2.24) is 4.98 Å². The number of esters is 1. The van der Waals surface area contributed by atoms with Gasteiger partial charge in [-0.1, -0.05) is 54.1 Å². The van der Waals surface area contributed by atoms with Gasteiger partial charge in [0.1, 0.15) is 11.4 Å². The molecule has 0 radical (unpaired) electrons. The third kappa shape index (κ3) is 3.92. The summed E-state index contributed by atoms with van der Waals surface area (Å²) < 4.78 is 10.3. The summed E-state index contributed by atoms with van der Waals surface area (Å²) in [6.45, 7) is 0. The predicted octanol–water partition coefficient (Wildman–Crippen LogP) is 5.23. The van der Waals surface area contributed by atoms with Crippen LogP contribution in [-0.4, -0.2) is 25.2 Å². The van der Waals surface area contributed by atoms with E-state index in [1.807, 2.05) is 54.6 Å². The van der Waals surface area contributed by atoms with Crippen molar-refractivity contribution in [3.63, 3.8) is 0 Å². The van der Waals surface area contributed by atoms with Gasteiger partial charge in [0, 0.05) is 22.9 Å². The predicted molar refractivity (Wildman–Crippen MR) is 122 cm³/mol. The van der Waals surface area contributed by atoms with Crippen LogP contribution in [0.2, 0.25) is 5.02 Å². The number of rotatable bonds is 5. The van der Waals surface area contributed by atoms with Crippen molar-refractivity contribution in [2.45, 2.75) is 6.42 Å². The van der Waals surface area contributed by atoms with Crippen LogP contribution in [-0.2, 0) is 11.2 Å². The topological polar surface area (TPSA) is 68.4 Å². The molecular formula is C25H20ClNO4. The summed E-state index contributed by atoms with van der Waals surface area (Å²) >= 11 is 6.51. The molecule has 1 aromatic heterocycles. The van der Waals surface area contributed by atoms with E-state index < -0.39 is 5.97 Å². The van der Waals surface area contributed by atoms with Gasteiger partial charge in [0.25, 0.3) is 0 Å². The van der Waals surface area contributed by atoms with E-state index in [0.717, 1.165) is 11.1 Å². The summed E-state index contributed by atoms with van der Waals surface area (Å²) in [5.74, 6) is 0.0587. The van der Waals surface area contributed by atoms with Gasteiger partial charge in [-0.25, -0.2) is 4.79 Å². The Bertz CT molecular complexity index is 1330. The molecule has 0 aliphatic rings. The lowest BCUT2D eigenvalue weighted by Crippen LogP contribution is -2.20. The minimum Gasteiger partial charge on any atom is -0.497 e. The second-order valence-electron chi connectivity index (χ2n) is 7.04. The molecule has 1 N–H and O–H groups in total. The Labute approximate surface area is 184 Å². The molecule has 0 amide bonds. The summed E-state index contributed by atoms with van der Waals surface area (Å²) in [6, 6.07) is 20.2. The average Bonchev–Trinajstić information content (AvgIpc) is 2.80. The summed E-state index contributed by atoms with van der Waals surface area (Å²) in [6.07, 6.45) is 0.246. The van der Waals surface area contributed by atoms with Gasteiger partial charge in [-0.05, 0) is 35.4 Å². The largest absolute Gasteiger partial charge is 0.497 e. The summed E-state index contributed by atoms with van der Waals surface area (Å²) in [5.41, 5.74) is 3.03. The van der Waals surface area contributed by atoms with E-state index in [0.29, 0.717) is 32.8 Å². The molecule has 0 saturated carbocycles. The highest BCUT2D eigenvalue weighted by atomic mass is 35.5. The number of aromatic nitrogens is 1. The van der Waals surface area contributed by atoms with Gasteiger partial charge < -0.3 is 14.5 Å². The minimum absolute atomic E-state index is 0.113. The van der Waals surface area contributed by atoms with Crippen molar-refractivity contribution in [1.29, 1.82) is 0 Å². The standard InChI is InChI=1S/C25H20ClNO4/c1-30-17-10-6-7-15(13-17)14-19-23(25(29)31-2)27-22-18(24(19)28)11-12-20(26)21(22)16-8-4-3-5-9-16/h3-13H,14H2,1-2H3,(H,27,28). The quantitative estimate of drug-likeness (QED) is 0.437. The van der Waals surface area contributed by atoms with E-state index >= 15 is 0 Å². The van der Waals surface area contributed by atoms with Gasteiger partial charge in [-0.2, -0.15) is 0 Å². The second kappa shape index (κ2) is 8.66. The maximum absolute atomic E-state index is 13.5. The molecule has 4 rings (SSSR count). The fourth-order valence-electron chi connectivity index (χ4n) is 3.69. The van der Waals surface area contributed by atoms with Gasteiger partial charge in [-0.15, -0.1) is 0 Å². The van der Waals surface area contributed by atoms with Crippen LogP contribution in [0.15, 0.2) is 71.5 Å². The summed E-state index contributed by atoms with van der Waals surface area (Å²) in [7, 11) is 2.87. The zero-order valence-corrected chi connectivity index (χ0v) is 17.8. The lowest BCUT2D eigenvalue weighted by atomic mass is 9.97. The van der Waals surface area contributed by atoms with Crippen LogP contribution in [0.4, 0.5) is 0 Å². The lowest BCUT2D eigenvalue weighted by Gasteiger charge is -2.14. The highest BCUT2D eigenvalue weighted by Gasteiger charge is 2.21. The fraction of sp³-hybridized carbons (Fsp3) is 0.120. The molecule has 0 unspecified atom stereocenters. The molecule has 31 heavy (non-hydrogen) atoms. The Hall–Kier alpha value is -3.57. The maximum atomic E-state index is 13.5. The first kappa shape index (κ1) is 20.7. The van der Waals surface area contributed by atoms with Crippen LogP contribution in [0, 0.1) is 0 Å². The van der Waals surface area contributed by atoms with Gasteiger partial charge in [0.05, 0.1) is 24.8 Å². The van der Waals surface area contributed by atoms with Crippen LogP contribution in [0.25, 0.3) is 22.0 Å². The van der Waals surface area contributed by atoms with E-state index in [9.17, 15) is 9.59 Å². The van der Waals surface area contributed by atoms with E-state index in [2.05, 4.69) is 4.98 Å². The Balaban J connectivity index is 1.99. The van der Waals surface area contributed by atoms with Crippen molar-refractivity contribution >= 4 is 28.5 Å². The summed E-state index contributed by atoms with van der Waals surface area (Å²) in [5, 5.41) is 0.930. The van der Waals surface area contributed by atoms with Gasteiger partial charge in [0.15, 0.2) is 5.43 Å². The smallest absolute Gasteiger partial charge is 0.354 e. The summed E-state index contributed by atoms with van der Waals surface area (Å²) in [4.78, 5) is 29.3. The molecule has 0 aliphatic carbocycles. The van der Waals surface area contributed by atoms with Crippen molar-refractivity contribution in [2.75, 3.05) is 14.2 Å². The first-order valence-corrected chi connectivity index (χ1v) is 10.0. The van der Waals surface area contributed by atoms with Crippen LogP contribution in [0.1, 0.15) is 21.6 Å². The number of methoxy groups -OCH3 is 2. The molecule has 0 spiro atoms.